The molecule has 0 saturated carbocycles. The van der Waals surface area contributed by atoms with Gasteiger partial charge in [0.1, 0.15) is 5.75 Å². The normalized spacial score (nSPS) is 10.8. The SMILES string of the molecule is O=C(COc1ccc(Cl)cc1Br)NN=Cc1cc(Br)cc(Br)c1OC(=O)c1ccccc1I. The van der Waals surface area contributed by atoms with Gasteiger partial charge < -0.3 is 9.47 Å². The number of benzene rings is 3. The zero-order valence-corrected chi connectivity index (χ0v) is 24.1. The van der Waals surface area contributed by atoms with E-state index in [1.165, 1.54) is 6.21 Å². The molecular formula is C22H13Br3ClIN2O4. The fourth-order valence-corrected chi connectivity index (χ4v) is 5.24. The van der Waals surface area contributed by atoms with E-state index in [4.69, 9.17) is 21.1 Å². The van der Waals surface area contributed by atoms with Crippen molar-refractivity contribution >= 4 is 100 Å². The summed E-state index contributed by atoms with van der Waals surface area (Å²) in [5, 5.41) is 4.50. The molecule has 0 radical (unpaired) electrons. The molecule has 6 nitrogen and oxygen atoms in total. The van der Waals surface area contributed by atoms with Crippen molar-refractivity contribution in [3.05, 3.63) is 87.7 Å². The van der Waals surface area contributed by atoms with Crippen LogP contribution in [0.5, 0.6) is 11.5 Å². The molecule has 0 aliphatic carbocycles. The molecule has 170 valence electrons. The maximum Gasteiger partial charge on any atom is 0.344 e. The smallest absolute Gasteiger partial charge is 0.344 e. The summed E-state index contributed by atoms with van der Waals surface area (Å²) < 4.78 is 13.7. The van der Waals surface area contributed by atoms with Crippen LogP contribution in [-0.4, -0.2) is 24.7 Å². The average molecular weight is 771 g/mol. The Balaban J connectivity index is 1.69. The van der Waals surface area contributed by atoms with Crippen LogP contribution in [0.15, 0.2) is 73.1 Å². The second kappa shape index (κ2) is 12.3. The molecule has 0 atom stereocenters. The molecule has 0 spiro atoms. The Morgan fingerprint density at radius 3 is 2.55 bits per heavy atom. The Hall–Kier alpha value is -1.47. The quantitative estimate of drug-likeness (QED) is 0.0926. The molecule has 0 bridgehead atoms. The Bertz CT molecular complexity index is 1240. The number of nitrogens with zero attached hydrogens (tertiary/aromatic N) is 1. The van der Waals surface area contributed by atoms with Gasteiger partial charge in [-0.1, -0.05) is 39.7 Å². The van der Waals surface area contributed by atoms with Crippen LogP contribution >= 0.6 is 82.0 Å². The number of nitrogens with one attached hydrogen (secondary N) is 1. The Kier molecular flexibility index (Phi) is 9.74. The number of esters is 1. The van der Waals surface area contributed by atoms with Crippen molar-refractivity contribution in [3.8, 4) is 11.5 Å². The van der Waals surface area contributed by atoms with E-state index >= 15 is 0 Å². The van der Waals surface area contributed by atoms with Crippen LogP contribution in [0.1, 0.15) is 15.9 Å². The topological polar surface area (TPSA) is 77.0 Å². The molecule has 0 aromatic heterocycles. The fraction of sp³-hybridized carbons (Fsp3) is 0.0455. The van der Waals surface area contributed by atoms with Crippen molar-refractivity contribution in [3.63, 3.8) is 0 Å². The molecule has 11 heteroatoms. The highest BCUT2D eigenvalue weighted by Gasteiger charge is 2.17. The fourth-order valence-electron chi connectivity index (χ4n) is 2.50. The predicted molar refractivity (Wildman–Crippen MR) is 146 cm³/mol. The van der Waals surface area contributed by atoms with Gasteiger partial charge in [0.2, 0.25) is 0 Å². The van der Waals surface area contributed by atoms with E-state index in [0.717, 1.165) is 8.04 Å². The summed E-state index contributed by atoms with van der Waals surface area (Å²) in [6.07, 6.45) is 1.38. The molecule has 3 aromatic rings. The Morgan fingerprint density at radius 2 is 1.82 bits per heavy atom. The van der Waals surface area contributed by atoms with Gasteiger partial charge >= 0.3 is 5.97 Å². The molecule has 0 unspecified atom stereocenters. The van der Waals surface area contributed by atoms with Crippen molar-refractivity contribution in [1.82, 2.24) is 5.43 Å². The molecular weight excluding hydrogens is 758 g/mol. The van der Waals surface area contributed by atoms with E-state index in [0.29, 0.717) is 30.8 Å². The highest BCUT2D eigenvalue weighted by atomic mass is 127. The van der Waals surface area contributed by atoms with Gasteiger partial charge in [0.25, 0.3) is 5.91 Å². The number of hydrazone groups is 1. The molecule has 33 heavy (non-hydrogen) atoms. The summed E-state index contributed by atoms with van der Waals surface area (Å²) in [5.41, 5.74) is 3.29. The van der Waals surface area contributed by atoms with E-state index in [9.17, 15) is 9.59 Å². The lowest BCUT2D eigenvalue weighted by atomic mass is 10.2. The maximum atomic E-state index is 12.7. The van der Waals surface area contributed by atoms with Crippen LogP contribution in [0.25, 0.3) is 0 Å². The minimum absolute atomic E-state index is 0.256. The zero-order chi connectivity index (χ0) is 24.0. The van der Waals surface area contributed by atoms with Crippen LogP contribution in [0.4, 0.5) is 0 Å². The number of hydrogen-bond acceptors (Lipinski definition) is 5. The Morgan fingerprint density at radius 1 is 1.06 bits per heavy atom. The lowest BCUT2D eigenvalue weighted by Gasteiger charge is -2.11. The van der Waals surface area contributed by atoms with Gasteiger partial charge in [0.05, 0.1) is 20.7 Å². The van der Waals surface area contributed by atoms with E-state index in [1.807, 2.05) is 12.1 Å². The highest BCUT2D eigenvalue weighted by molar-refractivity contribution is 14.1. The van der Waals surface area contributed by atoms with E-state index < -0.39 is 11.9 Å². The summed E-state index contributed by atoms with van der Waals surface area (Å²) in [4.78, 5) is 24.8. The van der Waals surface area contributed by atoms with Gasteiger partial charge in [0.15, 0.2) is 12.4 Å². The van der Waals surface area contributed by atoms with Crippen molar-refractivity contribution in [2.24, 2.45) is 5.10 Å². The predicted octanol–water partition coefficient (Wildman–Crippen LogP) is 6.98. The summed E-state index contributed by atoms with van der Waals surface area (Å²) >= 11 is 18.1. The number of ether oxygens (including phenoxy) is 2. The standard InChI is InChI=1S/C22H13Br3ClIN2O4/c23-13-7-12(10-28-29-20(30)11-32-19-6-5-14(26)9-16(19)24)21(17(25)8-13)33-22(31)15-3-1-2-4-18(15)27/h1-10H,11H2,(H,29,30). The van der Waals surface area contributed by atoms with Crippen LogP contribution < -0.4 is 14.9 Å². The molecule has 0 fully saturated rings. The van der Waals surface area contributed by atoms with E-state index in [2.05, 4.69) is 80.9 Å². The van der Waals surface area contributed by atoms with Gasteiger partial charge in [0, 0.05) is 18.6 Å². The van der Waals surface area contributed by atoms with Crippen LogP contribution in [0, 0.1) is 3.57 Å². The molecule has 0 aliphatic rings. The first-order chi connectivity index (χ1) is 15.7. The molecule has 0 aliphatic heterocycles. The summed E-state index contributed by atoms with van der Waals surface area (Å²) in [7, 11) is 0. The van der Waals surface area contributed by atoms with Gasteiger partial charge in [-0.3, -0.25) is 4.79 Å². The second-order valence-corrected chi connectivity index (χ2v) is 10.6. The third-order valence-electron chi connectivity index (χ3n) is 3.97. The molecule has 0 saturated heterocycles. The molecule has 1 amide bonds. The van der Waals surface area contributed by atoms with Gasteiger partial charge in [-0.25, -0.2) is 10.2 Å². The van der Waals surface area contributed by atoms with Crippen molar-refractivity contribution < 1.29 is 19.1 Å². The minimum Gasteiger partial charge on any atom is -0.483 e. The Labute approximate surface area is 233 Å². The molecule has 3 rings (SSSR count). The zero-order valence-electron chi connectivity index (χ0n) is 16.5. The monoisotopic (exact) mass is 768 g/mol. The number of rotatable bonds is 7. The summed E-state index contributed by atoms with van der Waals surface area (Å²) in [6, 6.07) is 15.5. The van der Waals surface area contributed by atoms with Crippen molar-refractivity contribution in [1.29, 1.82) is 0 Å². The first kappa shape index (κ1) is 26.1. The van der Waals surface area contributed by atoms with Crippen LogP contribution in [0.3, 0.4) is 0 Å². The lowest BCUT2D eigenvalue weighted by molar-refractivity contribution is -0.123. The molecule has 1 N–H and O–H groups in total. The van der Waals surface area contributed by atoms with Gasteiger partial charge in [-0.2, -0.15) is 5.10 Å². The van der Waals surface area contributed by atoms with E-state index in [1.54, 1.807) is 42.5 Å². The summed E-state index contributed by atoms with van der Waals surface area (Å²) in [6.45, 7) is -0.256. The molecule has 0 heterocycles. The third-order valence-corrected chi connectivity index (χ3v) is 6.81. The van der Waals surface area contributed by atoms with E-state index in [-0.39, 0.29) is 12.4 Å². The number of halogens is 5. The number of hydrogen-bond donors (Lipinski definition) is 1. The van der Waals surface area contributed by atoms with Crippen LogP contribution in [0.2, 0.25) is 5.02 Å². The minimum atomic E-state index is -0.511. The number of carbonyl (C=O) groups is 2. The maximum absolute atomic E-state index is 12.7. The van der Waals surface area contributed by atoms with Crippen LogP contribution in [-0.2, 0) is 4.79 Å². The summed E-state index contributed by atoms with van der Waals surface area (Å²) in [5.74, 6) is -0.246. The number of carbonyl (C=O) groups excluding carboxylic acids is 2. The average Bonchev–Trinajstić information content (AvgIpc) is 2.75. The first-order valence-electron chi connectivity index (χ1n) is 9.10. The van der Waals surface area contributed by atoms with Crippen molar-refractivity contribution in [2.45, 2.75) is 0 Å². The van der Waals surface area contributed by atoms with Gasteiger partial charge in [-0.05, 0) is 96.9 Å². The third kappa shape index (κ3) is 7.51. The highest BCUT2D eigenvalue weighted by Crippen LogP contribution is 2.33. The lowest BCUT2D eigenvalue weighted by Crippen LogP contribution is -2.24. The first-order valence-corrected chi connectivity index (χ1v) is 12.9. The van der Waals surface area contributed by atoms with Crippen molar-refractivity contribution in [2.75, 3.05) is 6.61 Å². The molecule has 3 aromatic carbocycles. The number of amides is 1. The van der Waals surface area contributed by atoms with Gasteiger partial charge in [-0.15, -0.1) is 0 Å². The second-order valence-electron chi connectivity index (χ2n) is 6.33. The largest absolute Gasteiger partial charge is 0.483 e.